The SMILES string of the molecule is Brc1ccc(CCNCc2cnc[nH]2)s1.Cl. The molecule has 0 aliphatic heterocycles. The number of imidazole rings is 1. The standard InChI is InChI=1S/C10H12BrN3S.ClH/c11-10-2-1-9(15-10)3-4-12-5-8-6-13-7-14-8;/h1-2,6-7,12H,3-5H2,(H,13,14);1H. The number of halogens is 2. The lowest BCUT2D eigenvalue weighted by Crippen LogP contribution is -2.16. The average molecular weight is 323 g/mol. The zero-order valence-electron chi connectivity index (χ0n) is 8.57. The van der Waals surface area contributed by atoms with Crippen LogP contribution < -0.4 is 5.32 Å². The van der Waals surface area contributed by atoms with Gasteiger partial charge in [-0.05, 0) is 34.5 Å². The first kappa shape index (κ1) is 13.7. The molecule has 2 rings (SSSR count). The van der Waals surface area contributed by atoms with E-state index in [2.05, 4.69) is 43.3 Å². The van der Waals surface area contributed by atoms with Gasteiger partial charge in [0.05, 0.1) is 10.1 Å². The number of hydrogen-bond acceptors (Lipinski definition) is 3. The van der Waals surface area contributed by atoms with Gasteiger partial charge in [-0.15, -0.1) is 23.7 Å². The predicted molar refractivity (Wildman–Crippen MR) is 73.3 cm³/mol. The van der Waals surface area contributed by atoms with Crippen LogP contribution in [0.15, 0.2) is 28.4 Å². The molecular weight excluding hydrogens is 310 g/mol. The van der Waals surface area contributed by atoms with Crippen LogP contribution in [0.3, 0.4) is 0 Å². The molecule has 0 unspecified atom stereocenters. The zero-order chi connectivity index (χ0) is 10.5. The lowest BCUT2D eigenvalue weighted by atomic mass is 10.3. The highest BCUT2D eigenvalue weighted by atomic mass is 79.9. The zero-order valence-corrected chi connectivity index (χ0v) is 11.8. The number of rotatable bonds is 5. The van der Waals surface area contributed by atoms with E-state index in [1.807, 2.05) is 6.20 Å². The smallest absolute Gasteiger partial charge is 0.0922 e. The van der Waals surface area contributed by atoms with Crippen LogP contribution in [0, 0.1) is 0 Å². The van der Waals surface area contributed by atoms with Gasteiger partial charge in [-0.1, -0.05) is 0 Å². The van der Waals surface area contributed by atoms with E-state index in [-0.39, 0.29) is 12.4 Å². The predicted octanol–water partition coefficient (Wildman–Crippen LogP) is 2.99. The summed E-state index contributed by atoms with van der Waals surface area (Å²) in [5.41, 5.74) is 1.13. The van der Waals surface area contributed by atoms with E-state index in [0.29, 0.717) is 0 Å². The van der Waals surface area contributed by atoms with Crippen LogP contribution in [-0.2, 0) is 13.0 Å². The van der Waals surface area contributed by atoms with Crippen LogP contribution in [0.25, 0.3) is 0 Å². The lowest BCUT2D eigenvalue weighted by molar-refractivity contribution is 0.680. The highest BCUT2D eigenvalue weighted by Gasteiger charge is 1.97. The van der Waals surface area contributed by atoms with E-state index in [4.69, 9.17) is 0 Å². The molecule has 0 saturated heterocycles. The molecule has 0 atom stereocenters. The summed E-state index contributed by atoms with van der Waals surface area (Å²) in [6, 6.07) is 4.25. The molecule has 6 heteroatoms. The molecule has 0 amide bonds. The fraction of sp³-hybridized carbons (Fsp3) is 0.300. The highest BCUT2D eigenvalue weighted by molar-refractivity contribution is 9.11. The summed E-state index contributed by atoms with van der Waals surface area (Å²) in [7, 11) is 0. The van der Waals surface area contributed by atoms with Crippen LogP contribution in [0.5, 0.6) is 0 Å². The molecule has 0 fully saturated rings. The molecule has 88 valence electrons. The molecule has 2 aromatic heterocycles. The number of hydrogen-bond donors (Lipinski definition) is 2. The average Bonchev–Trinajstić information content (AvgIpc) is 2.84. The lowest BCUT2D eigenvalue weighted by Gasteiger charge is -2.00. The van der Waals surface area contributed by atoms with Gasteiger partial charge >= 0.3 is 0 Å². The molecule has 16 heavy (non-hydrogen) atoms. The molecule has 0 saturated carbocycles. The van der Waals surface area contributed by atoms with Gasteiger partial charge in [0, 0.05) is 29.9 Å². The second kappa shape index (κ2) is 7.06. The molecule has 0 bridgehead atoms. The molecule has 2 aromatic rings. The van der Waals surface area contributed by atoms with Crippen LogP contribution in [0.1, 0.15) is 10.6 Å². The first-order valence-corrected chi connectivity index (χ1v) is 6.38. The Kier molecular flexibility index (Phi) is 6.05. The number of nitrogens with zero attached hydrogens (tertiary/aromatic N) is 1. The second-order valence-electron chi connectivity index (χ2n) is 3.21. The van der Waals surface area contributed by atoms with Crippen molar-refractivity contribution in [2.45, 2.75) is 13.0 Å². The minimum absolute atomic E-state index is 0. The van der Waals surface area contributed by atoms with Crippen molar-refractivity contribution in [2.24, 2.45) is 0 Å². The van der Waals surface area contributed by atoms with Crippen molar-refractivity contribution < 1.29 is 0 Å². The van der Waals surface area contributed by atoms with Gasteiger partial charge in [-0.2, -0.15) is 0 Å². The van der Waals surface area contributed by atoms with Gasteiger partial charge in [-0.25, -0.2) is 4.98 Å². The molecule has 0 aromatic carbocycles. The largest absolute Gasteiger partial charge is 0.347 e. The van der Waals surface area contributed by atoms with E-state index in [0.717, 1.165) is 25.2 Å². The minimum Gasteiger partial charge on any atom is -0.347 e. The Bertz CT molecular complexity index is 402. The summed E-state index contributed by atoms with van der Waals surface area (Å²) in [6.07, 6.45) is 4.62. The van der Waals surface area contributed by atoms with Crippen molar-refractivity contribution in [3.63, 3.8) is 0 Å². The van der Waals surface area contributed by atoms with Crippen LogP contribution >= 0.6 is 39.7 Å². The van der Waals surface area contributed by atoms with Gasteiger partial charge < -0.3 is 10.3 Å². The van der Waals surface area contributed by atoms with E-state index in [1.54, 1.807) is 17.7 Å². The summed E-state index contributed by atoms with van der Waals surface area (Å²) in [5, 5.41) is 3.37. The maximum atomic E-state index is 3.96. The van der Waals surface area contributed by atoms with Crippen molar-refractivity contribution >= 4 is 39.7 Å². The first-order valence-electron chi connectivity index (χ1n) is 4.77. The molecule has 3 nitrogen and oxygen atoms in total. The normalized spacial score (nSPS) is 10.1. The van der Waals surface area contributed by atoms with Crippen molar-refractivity contribution in [2.75, 3.05) is 6.54 Å². The van der Waals surface area contributed by atoms with Gasteiger partial charge in [0.25, 0.3) is 0 Å². The van der Waals surface area contributed by atoms with Gasteiger partial charge in [-0.3, -0.25) is 0 Å². The molecule has 2 heterocycles. The van der Waals surface area contributed by atoms with Gasteiger partial charge in [0.2, 0.25) is 0 Å². The number of aromatic amines is 1. The Labute approximate surface area is 113 Å². The fourth-order valence-electron chi connectivity index (χ4n) is 1.30. The number of thiophene rings is 1. The van der Waals surface area contributed by atoms with E-state index in [1.165, 1.54) is 8.66 Å². The first-order chi connectivity index (χ1) is 7.34. The molecule has 0 aliphatic rings. The summed E-state index contributed by atoms with van der Waals surface area (Å²) in [4.78, 5) is 8.43. The maximum absolute atomic E-state index is 3.96. The van der Waals surface area contributed by atoms with Crippen molar-refractivity contribution in [1.29, 1.82) is 0 Å². The fourth-order valence-corrected chi connectivity index (χ4v) is 2.78. The van der Waals surface area contributed by atoms with Crippen molar-refractivity contribution in [3.05, 3.63) is 39.0 Å². The van der Waals surface area contributed by atoms with Crippen LogP contribution in [0.2, 0.25) is 0 Å². The highest BCUT2D eigenvalue weighted by Crippen LogP contribution is 2.21. The third-order valence-electron chi connectivity index (χ3n) is 2.05. The summed E-state index contributed by atoms with van der Waals surface area (Å²) in [6.45, 7) is 1.85. The Morgan fingerprint density at radius 3 is 2.94 bits per heavy atom. The van der Waals surface area contributed by atoms with E-state index < -0.39 is 0 Å². The molecule has 0 radical (unpaired) electrons. The molecule has 0 spiro atoms. The number of H-pyrrole nitrogens is 1. The Balaban J connectivity index is 0.00000128. The summed E-state index contributed by atoms with van der Waals surface area (Å²) in [5.74, 6) is 0. The number of aromatic nitrogens is 2. The van der Waals surface area contributed by atoms with E-state index >= 15 is 0 Å². The van der Waals surface area contributed by atoms with Gasteiger partial charge in [0.1, 0.15) is 0 Å². The Hall–Kier alpha value is -0.360. The van der Waals surface area contributed by atoms with Crippen LogP contribution in [0.4, 0.5) is 0 Å². The summed E-state index contributed by atoms with van der Waals surface area (Å²) < 4.78 is 1.20. The van der Waals surface area contributed by atoms with E-state index in [9.17, 15) is 0 Å². The molecule has 0 aliphatic carbocycles. The van der Waals surface area contributed by atoms with Crippen molar-refractivity contribution in [1.82, 2.24) is 15.3 Å². The monoisotopic (exact) mass is 321 g/mol. The van der Waals surface area contributed by atoms with Gasteiger partial charge in [0.15, 0.2) is 0 Å². The van der Waals surface area contributed by atoms with Crippen molar-refractivity contribution in [3.8, 4) is 0 Å². The maximum Gasteiger partial charge on any atom is 0.0922 e. The third kappa shape index (κ3) is 4.25. The third-order valence-corrected chi connectivity index (χ3v) is 3.73. The van der Waals surface area contributed by atoms with Crippen LogP contribution in [-0.4, -0.2) is 16.5 Å². The summed E-state index contributed by atoms with van der Waals surface area (Å²) >= 11 is 5.25. The second-order valence-corrected chi connectivity index (χ2v) is 5.76. The number of nitrogens with one attached hydrogen (secondary N) is 2. The Morgan fingerprint density at radius 2 is 2.31 bits per heavy atom. The minimum atomic E-state index is 0. The Morgan fingerprint density at radius 1 is 1.44 bits per heavy atom. The molecular formula is C10H13BrClN3S. The quantitative estimate of drug-likeness (QED) is 0.831. The topological polar surface area (TPSA) is 40.7 Å². The molecule has 2 N–H and O–H groups in total.